The Bertz CT molecular complexity index is 677. The highest BCUT2D eigenvalue weighted by atomic mass is 16.3. The summed E-state index contributed by atoms with van der Waals surface area (Å²) in [5.74, 6) is 0.930. The predicted octanol–water partition coefficient (Wildman–Crippen LogP) is -0.106. The number of hydrogen-bond acceptors (Lipinski definition) is 5. The number of nitrogens with zero attached hydrogens (tertiary/aromatic N) is 2. The number of rotatable bonds is 3. The van der Waals surface area contributed by atoms with E-state index in [0.717, 1.165) is 18.7 Å². The zero-order valence-electron chi connectivity index (χ0n) is 11.4. The smallest absolute Gasteiger partial charge is 0.276 e. The number of aliphatic hydroxyl groups is 1. The minimum Gasteiger partial charge on any atom is -0.396 e. The van der Waals surface area contributed by atoms with Crippen LogP contribution in [0.25, 0.3) is 11.0 Å². The molecule has 1 fully saturated rings. The van der Waals surface area contributed by atoms with Crippen molar-refractivity contribution in [2.75, 3.05) is 25.4 Å². The van der Waals surface area contributed by atoms with Crippen molar-refractivity contribution in [3.63, 3.8) is 0 Å². The number of nitrogen functional groups attached to an aromatic ring is 1. The van der Waals surface area contributed by atoms with E-state index in [0.29, 0.717) is 29.4 Å². The summed E-state index contributed by atoms with van der Waals surface area (Å²) in [5.41, 5.74) is 7.40. The van der Waals surface area contributed by atoms with Gasteiger partial charge >= 0.3 is 0 Å². The number of nitrogens with two attached hydrogens (primary N) is 1. The van der Waals surface area contributed by atoms with Gasteiger partial charge in [-0.05, 0) is 11.8 Å². The van der Waals surface area contributed by atoms with E-state index in [2.05, 4.69) is 26.8 Å². The molecule has 2 atom stereocenters. The van der Waals surface area contributed by atoms with Crippen molar-refractivity contribution in [2.24, 2.45) is 11.8 Å². The highest BCUT2D eigenvalue weighted by Crippen LogP contribution is 2.25. The number of nitrogens with one attached hydrogen (secondary N) is 2. The molecule has 2 aromatic rings. The molecule has 1 aliphatic rings. The van der Waals surface area contributed by atoms with Gasteiger partial charge in [-0.3, -0.25) is 14.7 Å². The van der Waals surface area contributed by atoms with Gasteiger partial charge in [-0.1, -0.05) is 6.92 Å². The van der Waals surface area contributed by atoms with Crippen LogP contribution in [-0.4, -0.2) is 44.7 Å². The number of fused-ring (bicyclic) bond motifs is 1. The molecule has 0 amide bonds. The molecular weight excluding hydrogens is 258 g/mol. The fourth-order valence-corrected chi connectivity index (χ4v) is 2.96. The summed E-state index contributed by atoms with van der Waals surface area (Å²) in [6.45, 7) is 4.88. The second kappa shape index (κ2) is 4.92. The SMILES string of the molecule is CC1CN(Cc2c[nH]c3c(=O)[nH]c(N)nc23)CC1CO. The molecule has 7 nitrogen and oxygen atoms in total. The molecule has 1 saturated heterocycles. The lowest BCUT2D eigenvalue weighted by atomic mass is 10.00. The van der Waals surface area contributed by atoms with Gasteiger partial charge in [-0.15, -0.1) is 0 Å². The van der Waals surface area contributed by atoms with Gasteiger partial charge in [0, 0.05) is 38.0 Å². The Morgan fingerprint density at radius 2 is 2.35 bits per heavy atom. The molecule has 2 aromatic heterocycles. The Morgan fingerprint density at radius 1 is 1.55 bits per heavy atom. The van der Waals surface area contributed by atoms with Gasteiger partial charge in [0.15, 0.2) is 0 Å². The first-order valence-corrected chi connectivity index (χ1v) is 6.77. The van der Waals surface area contributed by atoms with Gasteiger partial charge in [0.25, 0.3) is 5.56 Å². The third kappa shape index (κ3) is 2.19. The Balaban J connectivity index is 1.87. The van der Waals surface area contributed by atoms with Crippen molar-refractivity contribution in [3.05, 3.63) is 22.1 Å². The summed E-state index contributed by atoms with van der Waals surface area (Å²) in [6, 6.07) is 0. The average molecular weight is 277 g/mol. The van der Waals surface area contributed by atoms with E-state index >= 15 is 0 Å². The summed E-state index contributed by atoms with van der Waals surface area (Å²) in [4.78, 5) is 23.7. The van der Waals surface area contributed by atoms with E-state index in [-0.39, 0.29) is 18.1 Å². The molecule has 0 radical (unpaired) electrons. The number of aliphatic hydroxyl groups excluding tert-OH is 1. The van der Waals surface area contributed by atoms with Gasteiger partial charge in [-0.2, -0.15) is 0 Å². The number of aromatic amines is 2. The predicted molar refractivity (Wildman–Crippen MR) is 76.1 cm³/mol. The van der Waals surface area contributed by atoms with Crippen LogP contribution in [0.3, 0.4) is 0 Å². The third-order valence-electron chi connectivity index (χ3n) is 4.10. The van der Waals surface area contributed by atoms with Crippen LogP contribution in [0.1, 0.15) is 12.5 Å². The molecule has 20 heavy (non-hydrogen) atoms. The van der Waals surface area contributed by atoms with Crippen molar-refractivity contribution in [1.29, 1.82) is 0 Å². The first-order chi connectivity index (χ1) is 9.58. The molecule has 3 heterocycles. The van der Waals surface area contributed by atoms with Gasteiger partial charge < -0.3 is 15.8 Å². The Morgan fingerprint density at radius 3 is 3.05 bits per heavy atom. The van der Waals surface area contributed by atoms with Crippen molar-refractivity contribution in [2.45, 2.75) is 13.5 Å². The molecule has 0 spiro atoms. The molecule has 108 valence electrons. The van der Waals surface area contributed by atoms with Crippen molar-refractivity contribution >= 4 is 17.0 Å². The number of anilines is 1. The van der Waals surface area contributed by atoms with Gasteiger partial charge in [0.05, 0.1) is 0 Å². The summed E-state index contributed by atoms with van der Waals surface area (Å²) in [6.07, 6.45) is 1.81. The molecule has 2 unspecified atom stereocenters. The lowest BCUT2D eigenvalue weighted by Crippen LogP contribution is -2.21. The second-order valence-electron chi connectivity index (χ2n) is 5.60. The second-order valence-corrected chi connectivity index (χ2v) is 5.60. The van der Waals surface area contributed by atoms with E-state index in [9.17, 15) is 9.90 Å². The first kappa shape index (κ1) is 13.1. The van der Waals surface area contributed by atoms with Gasteiger partial charge in [-0.25, -0.2) is 4.98 Å². The molecule has 0 saturated carbocycles. The molecule has 3 rings (SSSR count). The summed E-state index contributed by atoms with van der Waals surface area (Å²) >= 11 is 0. The quantitative estimate of drug-likeness (QED) is 0.626. The summed E-state index contributed by atoms with van der Waals surface area (Å²) in [5, 5.41) is 9.32. The maximum Gasteiger partial charge on any atom is 0.276 e. The van der Waals surface area contributed by atoms with E-state index in [1.807, 2.05) is 6.20 Å². The van der Waals surface area contributed by atoms with Crippen LogP contribution in [0, 0.1) is 11.8 Å². The van der Waals surface area contributed by atoms with Crippen molar-refractivity contribution in [1.82, 2.24) is 19.9 Å². The fraction of sp³-hybridized carbons (Fsp3) is 0.538. The molecule has 0 aromatic carbocycles. The van der Waals surface area contributed by atoms with E-state index in [4.69, 9.17) is 5.73 Å². The van der Waals surface area contributed by atoms with Gasteiger partial charge in [0.1, 0.15) is 11.0 Å². The number of hydrogen-bond donors (Lipinski definition) is 4. The summed E-state index contributed by atoms with van der Waals surface area (Å²) < 4.78 is 0. The minimum atomic E-state index is -0.248. The van der Waals surface area contributed by atoms with E-state index in [1.165, 1.54) is 0 Å². The molecule has 0 bridgehead atoms. The summed E-state index contributed by atoms with van der Waals surface area (Å²) in [7, 11) is 0. The highest BCUT2D eigenvalue weighted by Gasteiger charge is 2.29. The largest absolute Gasteiger partial charge is 0.396 e. The van der Waals surface area contributed by atoms with E-state index < -0.39 is 0 Å². The van der Waals surface area contributed by atoms with Crippen LogP contribution in [-0.2, 0) is 6.54 Å². The van der Waals surface area contributed by atoms with Crippen molar-refractivity contribution in [3.8, 4) is 0 Å². The molecule has 1 aliphatic heterocycles. The highest BCUT2D eigenvalue weighted by molar-refractivity contribution is 5.78. The normalized spacial score (nSPS) is 23.7. The first-order valence-electron chi connectivity index (χ1n) is 6.77. The number of H-pyrrole nitrogens is 2. The molecule has 0 aliphatic carbocycles. The number of aromatic nitrogens is 3. The average Bonchev–Trinajstić information content (AvgIpc) is 2.94. The Labute approximate surface area is 115 Å². The Hall–Kier alpha value is -1.86. The monoisotopic (exact) mass is 277 g/mol. The van der Waals surface area contributed by atoms with E-state index in [1.54, 1.807) is 0 Å². The van der Waals surface area contributed by atoms with Crippen LogP contribution in [0.2, 0.25) is 0 Å². The maximum atomic E-state index is 11.7. The molecule has 7 heteroatoms. The zero-order valence-corrected chi connectivity index (χ0v) is 11.4. The van der Waals surface area contributed by atoms with Crippen LogP contribution < -0.4 is 11.3 Å². The maximum absolute atomic E-state index is 11.7. The fourth-order valence-electron chi connectivity index (χ4n) is 2.96. The lowest BCUT2D eigenvalue weighted by molar-refractivity contribution is 0.204. The van der Waals surface area contributed by atoms with Crippen LogP contribution in [0.5, 0.6) is 0 Å². The molecular formula is C13H19N5O2. The standard InChI is InChI=1S/C13H19N5O2/c1-7-3-18(5-9(7)6-19)4-8-2-15-11-10(8)16-13(14)17-12(11)20/h2,7,9,15,19H,3-6H2,1H3,(H3,14,16,17,20). The van der Waals surface area contributed by atoms with Crippen LogP contribution in [0.4, 0.5) is 5.95 Å². The Kier molecular flexibility index (Phi) is 3.23. The molecule has 5 N–H and O–H groups in total. The zero-order chi connectivity index (χ0) is 14.3. The number of likely N-dealkylation sites (tertiary alicyclic amines) is 1. The topological polar surface area (TPSA) is 111 Å². The third-order valence-corrected chi connectivity index (χ3v) is 4.10. The van der Waals surface area contributed by atoms with Crippen LogP contribution in [0.15, 0.2) is 11.0 Å². The van der Waals surface area contributed by atoms with Gasteiger partial charge in [0.2, 0.25) is 5.95 Å². The lowest BCUT2D eigenvalue weighted by Gasteiger charge is -2.14. The minimum absolute atomic E-state index is 0.131. The van der Waals surface area contributed by atoms with Crippen molar-refractivity contribution < 1.29 is 5.11 Å². The van der Waals surface area contributed by atoms with Crippen LogP contribution >= 0.6 is 0 Å².